The lowest BCUT2D eigenvalue weighted by Gasteiger charge is -2.09. The first-order chi connectivity index (χ1) is 6.11. The summed E-state index contributed by atoms with van der Waals surface area (Å²) in [5.41, 5.74) is 0.546. The maximum Gasteiger partial charge on any atom is 0.154 e. The van der Waals surface area contributed by atoms with Crippen LogP contribution >= 0.6 is 15.9 Å². The summed E-state index contributed by atoms with van der Waals surface area (Å²) in [6.45, 7) is 1.54. The van der Waals surface area contributed by atoms with Gasteiger partial charge in [0.15, 0.2) is 6.29 Å². The van der Waals surface area contributed by atoms with Crippen LogP contribution in [0, 0.1) is 12.7 Å². The molecule has 0 unspecified atom stereocenters. The van der Waals surface area contributed by atoms with Crippen molar-refractivity contribution in [2.24, 2.45) is 0 Å². The number of hydrogen-bond acceptors (Lipinski definition) is 2. The molecule has 13 heavy (non-hydrogen) atoms. The van der Waals surface area contributed by atoms with Gasteiger partial charge in [-0.25, -0.2) is 4.39 Å². The van der Waals surface area contributed by atoms with Crippen LogP contribution in [0.5, 0.6) is 5.75 Å². The van der Waals surface area contributed by atoms with E-state index in [4.69, 9.17) is 4.74 Å². The topological polar surface area (TPSA) is 26.3 Å². The van der Waals surface area contributed by atoms with Gasteiger partial charge in [0.05, 0.1) is 17.1 Å². The van der Waals surface area contributed by atoms with Gasteiger partial charge < -0.3 is 4.74 Å². The normalized spacial score (nSPS) is 9.85. The van der Waals surface area contributed by atoms with E-state index in [1.54, 1.807) is 0 Å². The van der Waals surface area contributed by atoms with E-state index in [-0.39, 0.29) is 5.56 Å². The lowest BCUT2D eigenvalue weighted by molar-refractivity contribution is 0.111. The second-order valence-corrected chi connectivity index (χ2v) is 3.38. The number of aldehydes is 1. The summed E-state index contributed by atoms with van der Waals surface area (Å²) in [4.78, 5) is 10.6. The van der Waals surface area contributed by atoms with Gasteiger partial charge in [-0.15, -0.1) is 0 Å². The van der Waals surface area contributed by atoms with E-state index in [0.717, 1.165) is 0 Å². The van der Waals surface area contributed by atoms with Crippen LogP contribution in [0.1, 0.15) is 15.9 Å². The Kier molecular flexibility index (Phi) is 3.03. The molecule has 0 radical (unpaired) electrons. The molecule has 0 aliphatic heterocycles. The summed E-state index contributed by atoms with van der Waals surface area (Å²) < 4.78 is 18.5. The molecule has 1 rings (SSSR count). The predicted octanol–water partition coefficient (Wildman–Crippen LogP) is 2.72. The summed E-state index contributed by atoms with van der Waals surface area (Å²) in [5, 5.41) is 0. The van der Waals surface area contributed by atoms with Gasteiger partial charge in [-0.3, -0.25) is 4.79 Å². The Balaban J connectivity index is 3.50. The summed E-state index contributed by atoms with van der Waals surface area (Å²) in [6, 6.07) is 1.28. The van der Waals surface area contributed by atoms with E-state index in [9.17, 15) is 9.18 Å². The van der Waals surface area contributed by atoms with Crippen LogP contribution in [0.2, 0.25) is 0 Å². The highest BCUT2D eigenvalue weighted by Gasteiger charge is 2.13. The van der Waals surface area contributed by atoms with Crippen LogP contribution in [-0.2, 0) is 0 Å². The number of halogens is 2. The Morgan fingerprint density at radius 3 is 2.69 bits per heavy atom. The first-order valence-electron chi connectivity index (χ1n) is 3.59. The Morgan fingerprint density at radius 2 is 2.23 bits per heavy atom. The lowest BCUT2D eigenvalue weighted by atomic mass is 10.1. The number of carbonyl (C=O) groups excluding carboxylic acids is 1. The molecule has 0 saturated heterocycles. The molecule has 0 heterocycles. The second kappa shape index (κ2) is 3.87. The Labute approximate surface area is 83.8 Å². The molecule has 70 valence electrons. The molecule has 0 spiro atoms. The average molecular weight is 247 g/mol. The number of methoxy groups -OCH3 is 1. The highest BCUT2D eigenvalue weighted by molar-refractivity contribution is 9.10. The zero-order chi connectivity index (χ0) is 10.0. The molecule has 1 aromatic rings. The third-order valence-corrected chi connectivity index (χ3v) is 2.39. The molecule has 0 aliphatic rings. The van der Waals surface area contributed by atoms with Crippen molar-refractivity contribution < 1.29 is 13.9 Å². The van der Waals surface area contributed by atoms with Crippen LogP contribution in [0.15, 0.2) is 10.5 Å². The zero-order valence-corrected chi connectivity index (χ0v) is 8.81. The van der Waals surface area contributed by atoms with Gasteiger partial charge in [0.25, 0.3) is 0 Å². The van der Waals surface area contributed by atoms with Crippen molar-refractivity contribution in [3.05, 3.63) is 27.5 Å². The molecule has 0 amide bonds. The van der Waals surface area contributed by atoms with E-state index < -0.39 is 5.82 Å². The molecule has 0 aliphatic carbocycles. The summed E-state index contributed by atoms with van der Waals surface area (Å²) >= 11 is 3.11. The quantitative estimate of drug-likeness (QED) is 0.751. The minimum absolute atomic E-state index is 0.245. The van der Waals surface area contributed by atoms with E-state index >= 15 is 0 Å². The number of ether oxygens (including phenoxy) is 1. The van der Waals surface area contributed by atoms with Crippen LogP contribution in [0.25, 0.3) is 0 Å². The van der Waals surface area contributed by atoms with Crippen molar-refractivity contribution in [3.8, 4) is 5.75 Å². The number of hydrogen-bond donors (Lipinski definition) is 0. The minimum atomic E-state index is -0.422. The van der Waals surface area contributed by atoms with Crippen molar-refractivity contribution in [3.63, 3.8) is 0 Å². The molecule has 2 nitrogen and oxygen atoms in total. The van der Waals surface area contributed by atoms with E-state index in [2.05, 4.69) is 15.9 Å². The highest BCUT2D eigenvalue weighted by Crippen LogP contribution is 2.31. The van der Waals surface area contributed by atoms with Crippen molar-refractivity contribution in [2.45, 2.75) is 6.92 Å². The van der Waals surface area contributed by atoms with Crippen molar-refractivity contribution in [1.82, 2.24) is 0 Å². The Hall–Kier alpha value is -0.900. The van der Waals surface area contributed by atoms with Gasteiger partial charge in [-0.2, -0.15) is 0 Å². The maximum absolute atomic E-state index is 13.1. The SMILES string of the molecule is COc1c(Br)cc(F)c(C)c1C=O. The molecule has 0 fully saturated rings. The van der Waals surface area contributed by atoms with Crippen molar-refractivity contribution >= 4 is 22.2 Å². The van der Waals surface area contributed by atoms with Crippen LogP contribution < -0.4 is 4.74 Å². The fourth-order valence-electron chi connectivity index (χ4n) is 1.06. The molecule has 1 aromatic carbocycles. The third-order valence-electron chi connectivity index (χ3n) is 1.80. The van der Waals surface area contributed by atoms with Gasteiger partial charge in [0, 0.05) is 0 Å². The molecule has 0 atom stereocenters. The van der Waals surface area contributed by atoms with Crippen molar-refractivity contribution in [1.29, 1.82) is 0 Å². The van der Waals surface area contributed by atoms with Crippen LogP contribution in [-0.4, -0.2) is 13.4 Å². The highest BCUT2D eigenvalue weighted by atomic mass is 79.9. The number of benzene rings is 1. The molecule has 0 saturated carbocycles. The average Bonchev–Trinajstić information content (AvgIpc) is 2.10. The molecule has 0 bridgehead atoms. The fraction of sp³-hybridized carbons (Fsp3) is 0.222. The van der Waals surface area contributed by atoms with E-state index in [1.165, 1.54) is 20.1 Å². The predicted molar refractivity (Wildman–Crippen MR) is 50.8 cm³/mol. The minimum Gasteiger partial charge on any atom is -0.495 e. The van der Waals surface area contributed by atoms with Gasteiger partial charge in [-0.05, 0) is 34.5 Å². The third kappa shape index (κ3) is 1.72. The first-order valence-corrected chi connectivity index (χ1v) is 4.39. The Bertz CT molecular complexity index is 350. The monoisotopic (exact) mass is 246 g/mol. The van der Waals surface area contributed by atoms with E-state index in [1.807, 2.05) is 0 Å². The van der Waals surface area contributed by atoms with Gasteiger partial charge in [-0.1, -0.05) is 0 Å². The second-order valence-electron chi connectivity index (χ2n) is 2.53. The summed E-state index contributed by atoms with van der Waals surface area (Å²) in [7, 11) is 1.43. The smallest absolute Gasteiger partial charge is 0.154 e. The Morgan fingerprint density at radius 1 is 1.62 bits per heavy atom. The maximum atomic E-state index is 13.1. The fourth-order valence-corrected chi connectivity index (χ4v) is 1.64. The van der Waals surface area contributed by atoms with E-state index in [0.29, 0.717) is 22.1 Å². The largest absolute Gasteiger partial charge is 0.495 e. The standard InChI is InChI=1S/C9H8BrFO2/c1-5-6(4-12)9(13-2)7(10)3-8(5)11/h3-4H,1-2H3. The molecule has 0 aromatic heterocycles. The summed E-state index contributed by atoms with van der Waals surface area (Å²) in [5.74, 6) is -0.0522. The van der Waals surface area contributed by atoms with Gasteiger partial charge >= 0.3 is 0 Å². The first kappa shape index (κ1) is 10.2. The van der Waals surface area contributed by atoms with Crippen molar-refractivity contribution in [2.75, 3.05) is 7.11 Å². The number of rotatable bonds is 2. The number of carbonyl (C=O) groups is 1. The van der Waals surface area contributed by atoms with Crippen LogP contribution in [0.3, 0.4) is 0 Å². The van der Waals surface area contributed by atoms with Gasteiger partial charge in [0.2, 0.25) is 0 Å². The molecule has 0 N–H and O–H groups in total. The molecular formula is C9H8BrFO2. The van der Waals surface area contributed by atoms with Crippen LogP contribution in [0.4, 0.5) is 4.39 Å². The molecular weight excluding hydrogens is 239 g/mol. The lowest BCUT2D eigenvalue weighted by Crippen LogP contribution is -1.97. The summed E-state index contributed by atoms with van der Waals surface area (Å²) in [6.07, 6.45) is 0.585. The molecule has 4 heteroatoms. The zero-order valence-electron chi connectivity index (χ0n) is 7.23. The van der Waals surface area contributed by atoms with Gasteiger partial charge in [0.1, 0.15) is 11.6 Å².